The van der Waals surface area contributed by atoms with Crippen LogP contribution in [0.3, 0.4) is 0 Å². The molecule has 0 heterocycles. The molecule has 2 atom stereocenters. The lowest BCUT2D eigenvalue weighted by atomic mass is 9.83. The third-order valence-electron chi connectivity index (χ3n) is 2.92. The smallest absolute Gasteiger partial charge is 0.132 e. The van der Waals surface area contributed by atoms with Gasteiger partial charge in [-0.2, -0.15) is 0 Å². The first-order valence-corrected chi connectivity index (χ1v) is 5.85. The van der Waals surface area contributed by atoms with E-state index in [1.54, 1.807) is 6.07 Å². The standard InChI is InChI=1S/C14H21FO3/c1-14(2,3)13(18-5)12(16)10-7-6-9(17-4)8-11(10)15/h6-8,12-13,16H,1-5H3. The number of ether oxygens (including phenoxy) is 2. The molecule has 0 fully saturated rings. The van der Waals surface area contributed by atoms with Crippen molar-refractivity contribution >= 4 is 0 Å². The lowest BCUT2D eigenvalue weighted by Gasteiger charge is -2.33. The molecular formula is C14H21FO3. The first-order valence-electron chi connectivity index (χ1n) is 5.85. The molecule has 0 saturated heterocycles. The fourth-order valence-corrected chi connectivity index (χ4v) is 1.99. The van der Waals surface area contributed by atoms with Gasteiger partial charge in [-0.1, -0.05) is 20.8 Å². The highest BCUT2D eigenvalue weighted by atomic mass is 19.1. The average Bonchev–Trinajstić information content (AvgIpc) is 2.27. The molecule has 0 saturated carbocycles. The lowest BCUT2D eigenvalue weighted by Crippen LogP contribution is -2.34. The van der Waals surface area contributed by atoms with Gasteiger partial charge in [0.05, 0.1) is 13.2 Å². The van der Waals surface area contributed by atoms with Gasteiger partial charge in [-0.25, -0.2) is 4.39 Å². The van der Waals surface area contributed by atoms with E-state index in [9.17, 15) is 9.50 Å². The SMILES string of the molecule is COc1ccc(C(O)C(OC)C(C)(C)C)c(F)c1. The molecule has 0 aliphatic carbocycles. The molecule has 0 amide bonds. The van der Waals surface area contributed by atoms with Crippen LogP contribution in [-0.2, 0) is 4.74 Å². The number of aliphatic hydroxyl groups excluding tert-OH is 1. The molecule has 3 nitrogen and oxygen atoms in total. The zero-order valence-corrected chi connectivity index (χ0v) is 11.5. The predicted molar refractivity (Wildman–Crippen MR) is 68.2 cm³/mol. The number of hydrogen-bond donors (Lipinski definition) is 1. The molecule has 102 valence electrons. The predicted octanol–water partition coefficient (Wildman–Crippen LogP) is 2.93. The topological polar surface area (TPSA) is 38.7 Å². The number of hydrogen-bond acceptors (Lipinski definition) is 3. The van der Waals surface area contributed by atoms with Crippen LogP contribution in [0.25, 0.3) is 0 Å². The summed E-state index contributed by atoms with van der Waals surface area (Å²) in [5.74, 6) is -0.0682. The quantitative estimate of drug-likeness (QED) is 0.900. The molecule has 18 heavy (non-hydrogen) atoms. The van der Waals surface area contributed by atoms with Crippen LogP contribution < -0.4 is 4.74 Å². The summed E-state index contributed by atoms with van der Waals surface area (Å²) in [6.07, 6.45) is -1.50. The van der Waals surface area contributed by atoms with Gasteiger partial charge in [0, 0.05) is 18.7 Å². The maximum Gasteiger partial charge on any atom is 0.132 e. The normalized spacial score (nSPS) is 15.3. The second kappa shape index (κ2) is 5.67. The third-order valence-corrected chi connectivity index (χ3v) is 2.92. The Bertz CT molecular complexity index is 399. The molecule has 1 aromatic rings. The zero-order valence-electron chi connectivity index (χ0n) is 11.5. The highest BCUT2D eigenvalue weighted by Gasteiger charge is 2.33. The molecule has 0 aliphatic rings. The zero-order chi connectivity index (χ0) is 13.9. The molecule has 2 unspecified atom stereocenters. The highest BCUT2D eigenvalue weighted by molar-refractivity contribution is 5.30. The maximum atomic E-state index is 13.9. The van der Waals surface area contributed by atoms with E-state index in [-0.39, 0.29) is 11.0 Å². The van der Waals surface area contributed by atoms with Crippen molar-refractivity contribution < 1.29 is 19.0 Å². The summed E-state index contributed by atoms with van der Waals surface area (Å²) >= 11 is 0. The van der Waals surface area contributed by atoms with Crippen LogP contribution in [0, 0.1) is 11.2 Å². The Balaban J connectivity index is 3.06. The van der Waals surface area contributed by atoms with Gasteiger partial charge in [0.25, 0.3) is 0 Å². The van der Waals surface area contributed by atoms with E-state index in [0.29, 0.717) is 5.75 Å². The van der Waals surface area contributed by atoms with Crippen molar-refractivity contribution in [2.24, 2.45) is 5.41 Å². The third kappa shape index (κ3) is 3.21. The van der Waals surface area contributed by atoms with Crippen molar-refractivity contribution in [1.82, 2.24) is 0 Å². The van der Waals surface area contributed by atoms with E-state index in [4.69, 9.17) is 9.47 Å². The first-order chi connectivity index (χ1) is 8.31. The van der Waals surface area contributed by atoms with Gasteiger partial charge in [-0.15, -0.1) is 0 Å². The van der Waals surface area contributed by atoms with Crippen molar-refractivity contribution in [2.75, 3.05) is 14.2 Å². The van der Waals surface area contributed by atoms with Gasteiger partial charge in [-0.3, -0.25) is 0 Å². The second-order valence-electron chi connectivity index (χ2n) is 5.35. The molecule has 1 rings (SSSR count). The van der Waals surface area contributed by atoms with Gasteiger partial charge in [0.2, 0.25) is 0 Å². The second-order valence-corrected chi connectivity index (χ2v) is 5.35. The largest absolute Gasteiger partial charge is 0.497 e. The highest BCUT2D eigenvalue weighted by Crippen LogP contribution is 2.34. The minimum Gasteiger partial charge on any atom is -0.497 e. The maximum absolute atomic E-state index is 13.9. The van der Waals surface area contributed by atoms with Crippen LogP contribution in [0.15, 0.2) is 18.2 Å². The van der Waals surface area contributed by atoms with E-state index in [1.807, 2.05) is 20.8 Å². The summed E-state index contributed by atoms with van der Waals surface area (Å²) in [6.45, 7) is 5.81. The number of benzene rings is 1. The lowest BCUT2D eigenvalue weighted by molar-refractivity contribution is -0.0735. The van der Waals surface area contributed by atoms with E-state index < -0.39 is 18.0 Å². The molecule has 0 aromatic heterocycles. The molecule has 1 aromatic carbocycles. The minimum atomic E-state index is -1.01. The van der Waals surface area contributed by atoms with Crippen molar-refractivity contribution in [2.45, 2.75) is 33.0 Å². The Labute approximate surface area is 108 Å². The van der Waals surface area contributed by atoms with Crippen LogP contribution in [-0.4, -0.2) is 25.4 Å². The molecule has 0 radical (unpaired) electrons. The summed E-state index contributed by atoms with van der Waals surface area (Å²) < 4.78 is 24.1. The van der Waals surface area contributed by atoms with Crippen LogP contribution in [0.5, 0.6) is 5.75 Å². The molecule has 1 N–H and O–H groups in total. The molecule has 0 bridgehead atoms. The van der Waals surface area contributed by atoms with Crippen molar-refractivity contribution in [3.8, 4) is 5.75 Å². The van der Waals surface area contributed by atoms with E-state index in [1.165, 1.54) is 26.4 Å². The van der Waals surface area contributed by atoms with Gasteiger partial charge in [-0.05, 0) is 17.5 Å². The monoisotopic (exact) mass is 256 g/mol. The summed E-state index contributed by atoms with van der Waals surface area (Å²) in [5.41, 5.74) is -0.0712. The number of aliphatic hydroxyl groups is 1. The summed E-state index contributed by atoms with van der Waals surface area (Å²) in [6, 6.07) is 4.40. The number of methoxy groups -OCH3 is 2. The summed E-state index contributed by atoms with van der Waals surface area (Å²) in [7, 11) is 2.98. The molecule has 0 spiro atoms. The van der Waals surface area contributed by atoms with Gasteiger partial charge in [0.1, 0.15) is 17.7 Å². The Morgan fingerprint density at radius 3 is 2.22 bits per heavy atom. The van der Waals surface area contributed by atoms with Gasteiger partial charge >= 0.3 is 0 Å². The molecular weight excluding hydrogens is 235 g/mol. The Morgan fingerprint density at radius 2 is 1.83 bits per heavy atom. The van der Waals surface area contributed by atoms with Crippen LogP contribution in [0.1, 0.15) is 32.4 Å². The Kier molecular flexibility index (Phi) is 4.71. The van der Waals surface area contributed by atoms with Crippen LogP contribution >= 0.6 is 0 Å². The Hall–Kier alpha value is -1.13. The van der Waals surface area contributed by atoms with E-state index in [2.05, 4.69) is 0 Å². The fourth-order valence-electron chi connectivity index (χ4n) is 1.99. The van der Waals surface area contributed by atoms with Crippen molar-refractivity contribution in [3.05, 3.63) is 29.6 Å². The molecule has 0 aliphatic heterocycles. The van der Waals surface area contributed by atoms with E-state index in [0.717, 1.165) is 0 Å². The average molecular weight is 256 g/mol. The number of halogens is 1. The van der Waals surface area contributed by atoms with Gasteiger partial charge < -0.3 is 14.6 Å². The Morgan fingerprint density at radius 1 is 1.22 bits per heavy atom. The van der Waals surface area contributed by atoms with Crippen LogP contribution in [0.2, 0.25) is 0 Å². The first kappa shape index (κ1) is 14.9. The van der Waals surface area contributed by atoms with Gasteiger partial charge in [0.15, 0.2) is 0 Å². The van der Waals surface area contributed by atoms with Crippen molar-refractivity contribution in [1.29, 1.82) is 0 Å². The molecule has 4 heteroatoms. The summed E-state index contributed by atoms with van der Waals surface area (Å²) in [4.78, 5) is 0. The van der Waals surface area contributed by atoms with Crippen LogP contribution in [0.4, 0.5) is 4.39 Å². The summed E-state index contributed by atoms with van der Waals surface area (Å²) in [5, 5.41) is 10.3. The van der Waals surface area contributed by atoms with Crippen molar-refractivity contribution in [3.63, 3.8) is 0 Å². The van der Waals surface area contributed by atoms with E-state index >= 15 is 0 Å². The fraction of sp³-hybridized carbons (Fsp3) is 0.571. The minimum absolute atomic E-state index is 0.220. The number of rotatable bonds is 4.